The van der Waals surface area contributed by atoms with Crippen LogP contribution in [0.25, 0.3) is 0 Å². The Morgan fingerprint density at radius 1 is 1.46 bits per heavy atom. The summed E-state index contributed by atoms with van der Waals surface area (Å²) in [5.41, 5.74) is -0.152. The van der Waals surface area contributed by atoms with E-state index < -0.39 is 23.3 Å². The van der Waals surface area contributed by atoms with Crippen molar-refractivity contribution in [3.63, 3.8) is 0 Å². The lowest BCUT2D eigenvalue weighted by Crippen LogP contribution is -2.70. The molecule has 3 heterocycles. The number of hydrogen-bond acceptors (Lipinski definition) is 7. The minimum Gasteiger partial charge on any atom is -0.477 e. The van der Waals surface area contributed by atoms with Gasteiger partial charge in [-0.2, -0.15) is 0 Å². The van der Waals surface area contributed by atoms with Crippen LogP contribution >= 0.6 is 23.5 Å². The quantitative estimate of drug-likeness (QED) is 0.680. The van der Waals surface area contributed by atoms with Crippen molar-refractivity contribution in [1.29, 1.82) is 0 Å². The lowest BCUT2D eigenvalue weighted by molar-refractivity contribution is -0.150. The van der Waals surface area contributed by atoms with Crippen LogP contribution in [0.3, 0.4) is 0 Å². The number of carbonyl (C=O) groups excluding carboxylic acids is 3. The second-order valence-electron chi connectivity index (χ2n) is 5.56. The minimum absolute atomic E-state index is 0.00727. The van der Waals surface area contributed by atoms with Crippen molar-refractivity contribution in [2.75, 3.05) is 11.5 Å². The molecule has 2 atom stereocenters. The van der Waals surface area contributed by atoms with Crippen molar-refractivity contribution in [2.24, 2.45) is 0 Å². The molecule has 8 nitrogen and oxygen atoms in total. The molecule has 26 heavy (non-hydrogen) atoms. The van der Waals surface area contributed by atoms with Gasteiger partial charge in [-0.05, 0) is 17.9 Å². The van der Waals surface area contributed by atoms with Gasteiger partial charge in [0.2, 0.25) is 11.0 Å². The number of carboxylic acids is 1. The average Bonchev–Trinajstić information content (AvgIpc) is 3.11. The van der Waals surface area contributed by atoms with Crippen LogP contribution in [0.2, 0.25) is 0 Å². The molecule has 0 radical (unpaired) electrons. The highest BCUT2D eigenvalue weighted by Crippen LogP contribution is 2.41. The van der Waals surface area contributed by atoms with Crippen LogP contribution in [0.4, 0.5) is 0 Å². The molecule has 1 unspecified atom stereocenters. The van der Waals surface area contributed by atoms with Crippen molar-refractivity contribution in [3.05, 3.63) is 35.4 Å². The number of carbonyl (C=O) groups is 4. The number of furan rings is 1. The molecule has 138 valence electrons. The fourth-order valence-corrected chi connectivity index (χ4v) is 4.83. The number of nitrogens with zero attached hydrogens (tertiary/aromatic N) is 1. The van der Waals surface area contributed by atoms with Gasteiger partial charge in [-0.25, -0.2) is 4.79 Å². The zero-order valence-electron chi connectivity index (χ0n) is 13.8. The number of amides is 2. The number of nitrogens with one attached hydrogen (secondary N) is 1. The van der Waals surface area contributed by atoms with E-state index in [1.807, 2.05) is 0 Å². The van der Waals surface area contributed by atoms with E-state index >= 15 is 0 Å². The van der Waals surface area contributed by atoms with Crippen molar-refractivity contribution < 1.29 is 28.7 Å². The van der Waals surface area contributed by atoms with Crippen molar-refractivity contribution >= 4 is 46.4 Å². The lowest BCUT2D eigenvalue weighted by Gasteiger charge is -2.49. The predicted octanol–water partition coefficient (Wildman–Crippen LogP) is 0.840. The fourth-order valence-electron chi connectivity index (χ4n) is 2.79. The van der Waals surface area contributed by atoms with Gasteiger partial charge in [0.15, 0.2) is 0 Å². The molecule has 2 aliphatic rings. The summed E-state index contributed by atoms with van der Waals surface area (Å²) >= 11 is 2.28. The fraction of sp³-hybridized carbons (Fsp3) is 0.375. The van der Waals surface area contributed by atoms with Gasteiger partial charge in [0.05, 0.1) is 12.7 Å². The number of rotatable bonds is 6. The first-order valence-electron chi connectivity index (χ1n) is 7.84. The highest BCUT2D eigenvalue weighted by atomic mass is 32.2. The number of hydrogen-bond donors (Lipinski definition) is 2. The Bertz CT molecular complexity index is 789. The highest BCUT2D eigenvalue weighted by molar-refractivity contribution is 8.14. The smallest absolute Gasteiger partial charge is 0.353 e. The van der Waals surface area contributed by atoms with Gasteiger partial charge in [-0.1, -0.05) is 18.7 Å². The second-order valence-corrected chi connectivity index (χ2v) is 7.91. The number of fused-ring (bicyclic) bond motifs is 1. The van der Waals surface area contributed by atoms with Gasteiger partial charge in [0.25, 0.3) is 5.91 Å². The molecule has 0 spiro atoms. The van der Waals surface area contributed by atoms with Crippen LogP contribution in [-0.2, 0) is 25.6 Å². The van der Waals surface area contributed by atoms with Gasteiger partial charge in [0.1, 0.15) is 22.9 Å². The molecule has 0 aromatic carbocycles. The van der Waals surface area contributed by atoms with Crippen molar-refractivity contribution in [2.45, 2.75) is 24.8 Å². The number of β-lactam (4-membered cyclic amide) rings is 1. The Morgan fingerprint density at radius 3 is 2.85 bits per heavy atom. The summed E-state index contributed by atoms with van der Waals surface area (Å²) in [7, 11) is 0. The minimum atomic E-state index is -1.32. The first kappa shape index (κ1) is 18.6. The van der Waals surface area contributed by atoms with Gasteiger partial charge < -0.3 is 14.8 Å². The molecule has 1 aromatic heterocycles. The first-order valence-corrected chi connectivity index (χ1v) is 9.87. The van der Waals surface area contributed by atoms with Crippen LogP contribution in [0.15, 0.2) is 34.1 Å². The Labute approximate surface area is 157 Å². The van der Waals surface area contributed by atoms with Crippen LogP contribution in [-0.4, -0.2) is 55.8 Å². The average molecular weight is 396 g/mol. The number of thioether (sulfide) groups is 2. The van der Waals surface area contributed by atoms with Gasteiger partial charge in [-0.3, -0.25) is 19.3 Å². The topological polar surface area (TPSA) is 117 Å². The van der Waals surface area contributed by atoms with Gasteiger partial charge in [-0.15, -0.1) is 11.8 Å². The van der Waals surface area contributed by atoms with Crippen LogP contribution < -0.4 is 5.32 Å². The lowest BCUT2D eigenvalue weighted by atomic mass is 10.0. The summed E-state index contributed by atoms with van der Waals surface area (Å²) in [6.07, 6.45) is 1.44. The van der Waals surface area contributed by atoms with Crippen molar-refractivity contribution in [1.82, 2.24) is 10.2 Å². The third-order valence-electron chi connectivity index (χ3n) is 3.92. The second kappa shape index (κ2) is 7.58. The zero-order chi connectivity index (χ0) is 18.8. The summed E-state index contributed by atoms with van der Waals surface area (Å²) in [6.45, 7) is 1.79. The Balaban J connectivity index is 1.73. The first-order chi connectivity index (χ1) is 12.4. The molecule has 10 heteroatoms. The summed E-state index contributed by atoms with van der Waals surface area (Å²) in [5, 5.41) is 11.2. The van der Waals surface area contributed by atoms with E-state index in [4.69, 9.17) is 4.42 Å². The van der Waals surface area contributed by atoms with E-state index in [-0.39, 0.29) is 34.5 Å². The predicted molar refractivity (Wildman–Crippen MR) is 95.2 cm³/mol. The van der Waals surface area contributed by atoms with E-state index in [0.717, 1.165) is 16.7 Å². The number of aliphatic carboxylic acids is 1. The Hall–Kier alpha value is -2.20. The van der Waals surface area contributed by atoms with Crippen molar-refractivity contribution in [3.8, 4) is 0 Å². The third kappa shape index (κ3) is 3.38. The molecule has 2 N–H and O–H groups in total. The normalized spacial score (nSPS) is 21.9. The summed E-state index contributed by atoms with van der Waals surface area (Å²) in [6, 6.07) is 2.50. The van der Waals surface area contributed by atoms with E-state index in [1.54, 1.807) is 19.1 Å². The SMILES string of the molecule is CCSC(=O)C1=C(C(=O)O)N2C(=O)C(NC(=O)Cc3ccco3)[C@H]2SC1. The summed E-state index contributed by atoms with van der Waals surface area (Å²) in [5.74, 6) is -1.06. The molecule has 1 fully saturated rings. The maximum atomic E-state index is 12.4. The molecule has 2 aliphatic heterocycles. The van der Waals surface area contributed by atoms with Crippen LogP contribution in [0, 0.1) is 0 Å². The van der Waals surface area contributed by atoms with Crippen LogP contribution in [0.5, 0.6) is 0 Å². The molecule has 0 saturated carbocycles. The maximum absolute atomic E-state index is 12.4. The number of carboxylic acid groups (broad SMARTS) is 1. The monoisotopic (exact) mass is 396 g/mol. The molecule has 1 saturated heterocycles. The third-order valence-corrected chi connectivity index (χ3v) is 6.00. The molecule has 0 bridgehead atoms. The largest absolute Gasteiger partial charge is 0.477 e. The van der Waals surface area contributed by atoms with E-state index in [2.05, 4.69) is 5.32 Å². The summed E-state index contributed by atoms with van der Waals surface area (Å²) in [4.78, 5) is 49.4. The van der Waals surface area contributed by atoms with Crippen LogP contribution in [0.1, 0.15) is 12.7 Å². The molecule has 2 amide bonds. The molecule has 3 rings (SSSR count). The highest BCUT2D eigenvalue weighted by Gasteiger charge is 2.54. The molecular formula is C16H16N2O6S2. The standard InChI is InChI=1S/C16H16N2O6S2/c1-2-25-16(23)9-7-26-14-11(13(20)18(14)12(9)15(21)22)17-10(19)6-8-4-3-5-24-8/h3-5,11,14H,2,6-7H2,1H3,(H,17,19)(H,21,22)/t11?,14-/m1/s1. The Morgan fingerprint density at radius 2 is 2.23 bits per heavy atom. The Kier molecular flexibility index (Phi) is 5.42. The van der Waals surface area contributed by atoms with E-state index in [1.165, 1.54) is 18.0 Å². The molecular weight excluding hydrogens is 380 g/mol. The maximum Gasteiger partial charge on any atom is 0.353 e. The van der Waals surface area contributed by atoms with E-state index in [9.17, 15) is 24.3 Å². The van der Waals surface area contributed by atoms with E-state index in [0.29, 0.717) is 11.5 Å². The molecule has 1 aromatic rings. The zero-order valence-corrected chi connectivity index (χ0v) is 15.4. The molecule has 0 aliphatic carbocycles. The van der Waals surface area contributed by atoms with Gasteiger partial charge >= 0.3 is 5.97 Å². The summed E-state index contributed by atoms with van der Waals surface area (Å²) < 4.78 is 5.10. The van der Waals surface area contributed by atoms with Gasteiger partial charge in [0, 0.05) is 11.3 Å².